The van der Waals surface area contributed by atoms with Crippen molar-refractivity contribution in [3.8, 4) is 11.5 Å². The van der Waals surface area contributed by atoms with Gasteiger partial charge < -0.3 is 14.2 Å². The molecule has 3 aromatic rings. The number of carbonyl (C=O) groups excluding carboxylic acids is 2. The molecule has 0 saturated carbocycles. The van der Waals surface area contributed by atoms with Crippen LogP contribution in [0.1, 0.15) is 60.7 Å². The Balaban J connectivity index is 1.24. The van der Waals surface area contributed by atoms with Crippen LogP contribution in [0.4, 0.5) is 5.69 Å². The number of hydrogen-bond donors (Lipinski definition) is 0. The second-order valence-electron chi connectivity index (χ2n) is 11.6. The Kier molecular flexibility index (Phi) is 6.91. The fourth-order valence-electron chi connectivity index (χ4n) is 5.29. The van der Waals surface area contributed by atoms with Crippen LogP contribution >= 0.6 is 0 Å². The quantitative estimate of drug-likeness (QED) is 0.314. The van der Waals surface area contributed by atoms with Crippen LogP contribution in [-0.2, 0) is 25.8 Å². The normalized spacial score (nSPS) is 21.6. The van der Waals surface area contributed by atoms with Gasteiger partial charge in [0.25, 0.3) is 0 Å². The summed E-state index contributed by atoms with van der Waals surface area (Å²) in [6.45, 7) is 8.32. The minimum absolute atomic E-state index is 0.141. The lowest BCUT2D eigenvalue weighted by molar-refractivity contribution is -0.110. The first-order chi connectivity index (χ1) is 20.1. The molecule has 1 fully saturated rings. The van der Waals surface area contributed by atoms with E-state index in [2.05, 4.69) is 0 Å². The number of fused-ring (bicyclic) bond motifs is 2. The first-order valence-electron chi connectivity index (χ1n) is 13.9. The standard InChI is InChI=1S/C34H33NO7/c1-33(2)34(3,4)42-35(41-33)22-12-10-21(11-13-22)20-39-24-15-17-28-30(19-24)40-29-18-23(36)14-16-27(29)31(28)25-8-6-7-9-26(25)32(37)38-5/h6-19,27,31H,20H2,1-5H3. The molecule has 0 spiro atoms. The molecule has 2 atom stereocenters. The molecule has 0 N–H and O–H groups in total. The summed E-state index contributed by atoms with van der Waals surface area (Å²) in [7, 11) is 1.37. The van der Waals surface area contributed by atoms with Crippen molar-refractivity contribution in [1.82, 2.24) is 0 Å². The Morgan fingerprint density at radius 2 is 1.64 bits per heavy atom. The zero-order valence-corrected chi connectivity index (χ0v) is 24.2. The topological polar surface area (TPSA) is 83.5 Å². The van der Waals surface area contributed by atoms with Crippen molar-refractivity contribution in [2.45, 2.75) is 51.4 Å². The number of methoxy groups -OCH3 is 1. The molecule has 2 aliphatic heterocycles. The smallest absolute Gasteiger partial charge is 0.338 e. The first kappa shape index (κ1) is 27.8. The van der Waals surface area contributed by atoms with Gasteiger partial charge in [-0.3, -0.25) is 4.79 Å². The molecular formula is C34H33NO7. The summed E-state index contributed by atoms with van der Waals surface area (Å²) < 4.78 is 17.4. The Morgan fingerprint density at radius 1 is 0.929 bits per heavy atom. The summed E-state index contributed by atoms with van der Waals surface area (Å²) in [6.07, 6.45) is 4.89. The van der Waals surface area contributed by atoms with Crippen LogP contribution in [0, 0.1) is 5.92 Å². The number of benzene rings is 3. The first-order valence-corrected chi connectivity index (χ1v) is 13.9. The highest BCUT2D eigenvalue weighted by Gasteiger charge is 2.50. The third kappa shape index (κ3) is 4.97. The number of anilines is 1. The van der Waals surface area contributed by atoms with Gasteiger partial charge in [-0.05, 0) is 69.2 Å². The Bertz CT molecular complexity index is 1590. The van der Waals surface area contributed by atoms with Crippen LogP contribution in [0.2, 0.25) is 0 Å². The summed E-state index contributed by atoms with van der Waals surface area (Å²) >= 11 is 0. The minimum atomic E-state index is -0.471. The van der Waals surface area contributed by atoms with E-state index in [9.17, 15) is 9.59 Å². The molecule has 42 heavy (non-hydrogen) atoms. The Hall–Kier alpha value is -4.40. The second kappa shape index (κ2) is 10.5. The third-order valence-corrected chi connectivity index (χ3v) is 8.31. The van der Waals surface area contributed by atoms with Crippen molar-refractivity contribution in [1.29, 1.82) is 0 Å². The summed E-state index contributed by atoms with van der Waals surface area (Å²) in [4.78, 5) is 36.9. The van der Waals surface area contributed by atoms with Crippen LogP contribution < -0.4 is 14.7 Å². The summed E-state index contributed by atoms with van der Waals surface area (Å²) in [5.74, 6) is 0.664. The van der Waals surface area contributed by atoms with Gasteiger partial charge in [-0.15, -0.1) is 5.23 Å². The summed E-state index contributed by atoms with van der Waals surface area (Å²) in [5, 5.41) is 1.47. The zero-order valence-electron chi connectivity index (χ0n) is 24.2. The van der Waals surface area contributed by atoms with Crippen molar-refractivity contribution in [2.24, 2.45) is 5.92 Å². The van der Waals surface area contributed by atoms with E-state index in [0.717, 1.165) is 22.4 Å². The maximum Gasteiger partial charge on any atom is 0.338 e. The van der Waals surface area contributed by atoms with E-state index >= 15 is 0 Å². The summed E-state index contributed by atoms with van der Waals surface area (Å²) in [5.41, 5.74) is 2.98. The molecule has 0 amide bonds. The lowest BCUT2D eigenvalue weighted by Gasteiger charge is -2.36. The van der Waals surface area contributed by atoms with Crippen LogP contribution in [0.5, 0.6) is 11.5 Å². The fourth-order valence-corrected chi connectivity index (χ4v) is 5.29. The second-order valence-corrected chi connectivity index (χ2v) is 11.6. The minimum Gasteiger partial charge on any atom is -0.489 e. The predicted octanol–water partition coefficient (Wildman–Crippen LogP) is 6.46. The molecule has 1 saturated heterocycles. The molecule has 1 aliphatic carbocycles. The van der Waals surface area contributed by atoms with Crippen molar-refractivity contribution in [3.63, 3.8) is 0 Å². The lowest BCUT2D eigenvalue weighted by Crippen LogP contribution is -2.41. The highest BCUT2D eigenvalue weighted by Crippen LogP contribution is 2.49. The van der Waals surface area contributed by atoms with Crippen LogP contribution in [0.3, 0.4) is 0 Å². The van der Waals surface area contributed by atoms with Gasteiger partial charge in [0.05, 0.1) is 18.4 Å². The monoisotopic (exact) mass is 567 g/mol. The van der Waals surface area contributed by atoms with E-state index in [1.54, 1.807) is 12.1 Å². The third-order valence-electron chi connectivity index (χ3n) is 8.31. The van der Waals surface area contributed by atoms with E-state index in [0.29, 0.717) is 29.4 Å². The van der Waals surface area contributed by atoms with Crippen LogP contribution in [0.25, 0.3) is 0 Å². The highest BCUT2D eigenvalue weighted by atomic mass is 17.0. The van der Waals surface area contributed by atoms with Gasteiger partial charge in [0.15, 0.2) is 5.78 Å². The van der Waals surface area contributed by atoms with E-state index in [1.165, 1.54) is 18.4 Å². The fraction of sp³-hybridized carbons (Fsp3) is 0.294. The lowest BCUT2D eigenvalue weighted by atomic mass is 9.74. The number of allylic oxidation sites excluding steroid dienone is 3. The summed E-state index contributed by atoms with van der Waals surface area (Å²) in [6, 6.07) is 20.8. The van der Waals surface area contributed by atoms with Gasteiger partial charge in [0, 0.05) is 29.5 Å². The number of nitrogens with zero attached hydrogens (tertiary/aromatic N) is 1. The molecule has 3 aromatic carbocycles. The van der Waals surface area contributed by atoms with Gasteiger partial charge in [-0.25, -0.2) is 14.5 Å². The van der Waals surface area contributed by atoms with Gasteiger partial charge in [0.2, 0.25) is 0 Å². The zero-order chi connectivity index (χ0) is 29.6. The molecule has 2 unspecified atom stereocenters. The maximum absolute atomic E-state index is 12.7. The molecule has 0 bridgehead atoms. The highest BCUT2D eigenvalue weighted by molar-refractivity contribution is 6.01. The molecule has 8 nitrogen and oxygen atoms in total. The number of hydrogen-bond acceptors (Lipinski definition) is 8. The molecule has 8 heteroatoms. The molecule has 6 rings (SSSR count). The van der Waals surface area contributed by atoms with Crippen molar-refractivity contribution >= 4 is 17.4 Å². The van der Waals surface area contributed by atoms with Gasteiger partial charge in [-0.1, -0.05) is 42.5 Å². The molecule has 3 aliphatic rings. The molecular weight excluding hydrogens is 534 g/mol. The van der Waals surface area contributed by atoms with Crippen LogP contribution in [-0.4, -0.2) is 30.1 Å². The Morgan fingerprint density at radius 3 is 2.36 bits per heavy atom. The SMILES string of the molecule is COC(=O)c1ccccc1C1c2ccc(OCc3ccc(N4OC(C)(C)C(C)(C)O4)cc3)cc2OC2=CC(=O)C=CC21. The number of ketones is 1. The number of carbonyl (C=O) groups is 2. The van der Waals surface area contributed by atoms with Gasteiger partial charge in [0.1, 0.15) is 35.1 Å². The average Bonchev–Trinajstić information content (AvgIpc) is 3.20. The van der Waals surface area contributed by atoms with Crippen molar-refractivity contribution in [3.05, 3.63) is 113 Å². The van der Waals surface area contributed by atoms with Crippen molar-refractivity contribution in [2.75, 3.05) is 12.3 Å². The number of ether oxygens (including phenoxy) is 3. The van der Waals surface area contributed by atoms with E-state index in [4.69, 9.17) is 23.9 Å². The van der Waals surface area contributed by atoms with Gasteiger partial charge >= 0.3 is 5.97 Å². The molecule has 0 radical (unpaired) electrons. The Labute approximate surface area is 245 Å². The largest absolute Gasteiger partial charge is 0.489 e. The number of esters is 1. The molecule has 2 heterocycles. The molecule has 0 aromatic heterocycles. The van der Waals surface area contributed by atoms with E-state index in [1.807, 2.05) is 94.4 Å². The van der Waals surface area contributed by atoms with E-state index in [-0.39, 0.29) is 17.6 Å². The average molecular weight is 568 g/mol. The van der Waals surface area contributed by atoms with Crippen molar-refractivity contribution < 1.29 is 33.5 Å². The van der Waals surface area contributed by atoms with Crippen LogP contribution in [0.15, 0.2) is 90.7 Å². The molecule has 216 valence electrons. The van der Waals surface area contributed by atoms with E-state index < -0.39 is 17.2 Å². The maximum atomic E-state index is 12.7. The predicted molar refractivity (Wildman–Crippen MR) is 156 cm³/mol. The number of rotatable bonds is 6. The van der Waals surface area contributed by atoms with Gasteiger partial charge in [-0.2, -0.15) is 0 Å².